The molecule has 1 aromatic rings. The Morgan fingerprint density at radius 1 is 1.40 bits per heavy atom. The van der Waals surface area contributed by atoms with Gasteiger partial charge in [0.15, 0.2) is 0 Å². The highest BCUT2D eigenvalue weighted by atomic mass is 79.9. The summed E-state index contributed by atoms with van der Waals surface area (Å²) in [5.41, 5.74) is 0. The fourth-order valence-electron chi connectivity index (χ4n) is 1.44. The quantitative estimate of drug-likeness (QED) is 0.808. The van der Waals surface area contributed by atoms with Crippen molar-refractivity contribution in [3.05, 3.63) is 20.8 Å². The third-order valence-corrected chi connectivity index (χ3v) is 3.91. The summed E-state index contributed by atoms with van der Waals surface area (Å²) in [4.78, 5) is 14.9. The van der Waals surface area contributed by atoms with Crippen molar-refractivity contribution in [3.63, 3.8) is 0 Å². The third-order valence-electron chi connectivity index (χ3n) is 2.09. The molecular formula is C11H16BrNOS. The summed E-state index contributed by atoms with van der Waals surface area (Å²) in [5.74, 6) is 0.153. The van der Waals surface area contributed by atoms with Gasteiger partial charge in [0.1, 0.15) is 4.88 Å². The van der Waals surface area contributed by atoms with Gasteiger partial charge in [0.2, 0.25) is 0 Å². The minimum absolute atomic E-state index is 0.153. The van der Waals surface area contributed by atoms with Crippen molar-refractivity contribution in [2.75, 3.05) is 13.1 Å². The molecule has 0 aliphatic heterocycles. The van der Waals surface area contributed by atoms with Crippen molar-refractivity contribution in [3.8, 4) is 0 Å². The van der Waals surface area contributed by atoms with Crippen molar-refractivity contribution < 1.29 is 4.79 Å². The average molecular weight is 290 g/mol. The van der Waals surface area contributed by atoms with E-state index in [1.54, 1.807) is 0 Å². The molecule has 0 saturated carbocycles. The van der Waals surface area contributed by atoms with Crippen LogP contribution in [0.25, 0.3) is 0 Å². The first-order chi connectivity index (χ1) is 7.20. The molecule has 0 aromatic carbocycles. The van der Waals surface area contributed by atoms with Crippen molar-refractivity contribution in [1.29, 1.82) is 0 Å². The molecule has 0 spiro atoms. The van der Waals surface area contributed by atoms with E-state index in [0.29, 0.717) is 0 Å². The van der Waals surface area contributed by atoms with Crippen molar-refractivity contribution in [2.24, 2.45) is 0 Å². The van der Waals surface area contributed by atoms with Crippen molar-refractivity contribution in [2.45, 2.75) is 26.7 Å². The first kappa shape index (κ1) is 12.7. The van der Waals surface area contributed by atoms with E-state index in [1.807, 2.05) is 16.3 Å². The SMILES string of the molecule is CCCN(CCC)C(=O)c1sccc1Br. The lowest BCUT2D eigenvalue weighted by molar-refractivity contribution is 0.0759. The summed E-state index contributed by atoms with van der Waals surface area (Å²) in [7, 11) is 0. The number of nitrogens with zero attached hydrogens (tertiary/aromatic N) is 1. The van der Waals surface area contributed by atoms with Gasteiger partial charge < -0.3 is 4.90 Å². The molecule has 0 bridgehead atoms. The van der Waals surface area contributed by atoms with Crippen molar-refractivity contribution >= 4 is 33.2 Å². The molecule has 2 nitrogen and oxygen atoms in total. The molecule has 84 valence electrons. The van der Waals surface area contributed by atoms with Gasteiger partial charge in [-0.25, -0.2) is 0 Å². The van der Waals surface area contributed by atoms with Crippen LogP contribution in [-0.4, -0.2) is 23.9 Å². The second-order valence-electron chi connectivity index (χ2n) is 3.39. The molecule has 0 aliphatic rings. The number of halogens is 1. The van der Waals surface area contributed by atoms with Crippen LogP contribution in [0.2, 0.25) is 0 Å². The van der Waals surface area contributed by atoms with E-state index in [0.717, 1.165) is 35.3 Å². The lowest BCUT2D eigenvalue weighted by Crippen LogP contribution is -2.32. The molecule has 15 heavy (non-hydrogen) atoms. The van der Waals surface area contributed by atoms with Crippen LogP contribution in [0, 0.1) is 0 Å². The zero-order valence-electron chi connectivity index (χ0n) is 9.12. The van der Waals surface area contributed by atoms with Gasteiger partial charge in [0, 0.05) is 17.6 Å². The number of carbonyl (C=O) groups excluding carboxylic acids is 1. The second kappa shape index (κ2) is 6.28. The first-order valence-electron chi connectivity index (χ1n) is 5.23. The molecule has 4 heteroatoms. The number of hydrogen-bond acceptors (Lipinski definition) is 2. The summed E-state index contributed by atoms with van der Waals surface area (Å²) in [6.07, 6.45) is 2.02. The highest BCUT2D eigenvalue weighted by Crippen LogP contribution is 2.24. The Morgan fingerprint density at radius 3 is 2.40 bits per heavy atom. The number of rotatable bonds is 5. The Labute approximate surface area is 103 Å². The van der Waals surface area contributed by atoms with E-state index in [-0.39, 0.29) is 5.91 Å². The zero-order valence-corrected chi connectivity index (χ0v) is 11.5. The predicted molar refractivity (Wildman–Crippen MR) is 68.5 cm³/mol. The topological polar surface area (TPSA) is 20.3 Å². The molecule has 0 atom stereocenters. The second-order valence-corrected chi connectivity index (χ2v) is 5.16. The van der Waals surface area contributed by atoms with E-state index in [4.69, 9.17) is 0 Å². The zero-order chi connectivity index (χ0) is 11.3. The molecule has 0 unspecified atom stereocenters. The normalized spacial score (nSPS) is 10.3. The van der Waals surface area contributed by atoms with E-state index in [1.165, 1.54) is 11.3 Å². The van der Waals surface area contributed by atoms with E-state index in [2.05, 4.69) is 29.8 Å². The summed E-state index contributed by atoms with van der Waals surface area (Å²) in [5, 5.41) is 1.94. The Morgan fingerprint density at radius 2 is 2.00 bits per heavy atom. The van der Waals surface area contributed by atoms with Crippen LogP contribution in [0.4, 0.5) is 0 Å². The molecule has 0 fully saturated rings. The van der Waals surface area contributed by atoms with Crippen LogP contribution in [0.5, 0.6) is 0 Å². The van der Waals surface area contributed by atoms with Crippen LogP contribution in [0.15, 0.2) is 15.9 Å². The molecule has 1 amide bonds. The average Bonchev–Trinajstić information content (AvgIpc) is 2.63. The highest BCUT2D eigenvalue weighted by Gasteiger charge is 2.17. The number of carbonyl (C=O) groups is 1. The van der Waals surface area contributed by atoms with Gasteiger partial charge in [-0.1, -0.05) is 13.8 Å². The van der Waals surface area contributed by atoms with Gasteiger partial charge in [-0.05, 0) is 40.2 Å². The van der Waals surface area contributed by atoms with Gasteiger partial charge in [-0.15, -0.1) is 11.3 Å². The van der Waals surface area contributed by atoms with Gasteiger partial charge in [-0.2, -0.15) is 0 Å². The Hall–Kier alpha value is -0.350. The van der Waals surface area contributed by atoms with E-state index < -0.39 is 0 Å². The Bertz CT molecular complexity index is 318. The minimum Gasteiger partial charge on any atom is -0.338 e. The van der Waals surface area contributed by atoms with Gasteiger partial charge in [0.05, 0.1) is 0 Å². The molecule has 0 N–H and O–H groups in total. The maximum atomic E-state index is 12.1. The fourth-order valence-corrected chi connectivity index (χ4v) is 2.95. The predicted octanol–water partition coefficient (Wildman–Crippen LogP) is 3.77. The lowest BCUT2D eigenvalue weighted by atomic mass is 10.3. The molecule has 1 aromatic heterocycles. The largest absolute Gasteiger partial charge is 0.338 e. The summed E-state index contributed by atoms with van der Waals surface area (Å²) in [6, 6.07) is 1.92. The molecule has 0 aliphatic carbocycles. The number of thiophene rings is 1. The summed E-state index contributed by atoms with van der Waals surface area (Å²) in [6.45, 7) is 5.88. The van der Waals surface area contributed by atoms with Crippen LogP contribution < -0.4 is 0 Å². The molecule has 1 rings (SSSR count). The Balaban J connectivity index is 2.76. The first-order valence-corrected chi connectivity index (χ1v) is 6.90. The number of amides is 1. The monoisotopic (exact) mass is 289 g/mol. The fraction of sp³-hybridized carbons (Fsp3) is 0.545. The molecule has 0 saturated heterocycles. The van der Waals surface area contributed by atoms with Crippen LogP contribution >= 0.6 is 27.3 Å². The molecule has 0 radical (unpaired) electrons. The summed E-state index contributed by atoms with van der Waals surface area (Å²) < 4.78 is 0.912. The molecular weight excluding hydrogens is 274 g/mol. The summed E-state index contributed by atoms with van der Waals surface area (Å²) >= 11 is 4.90. The van der Waals surface area contributed by atoms with Gasteiger partial charge in [0.25, 0.3) is 5.91 Å². The van der Waals surface area contributed by atoms with Crippen LogP contribution in [0.1, 0.15) is 36.4 Å². The van der Waals surface area contributed by atoms with Gasteiger partial charge >= 0.3 is 0 Å². The lowest BCUT2D eigenvalue weighted by Gasteiger charge is -2.20. The van der Waals surface area contributed by atoms with E-state index in [9.17, 15) is 4.79 Å². The maximum Gasteiger partial charge on any atom is 0.265 e. The number of hydrogen-bond donors (Lipinski definition) is 0. The van der Waals surface area contributed by atoms with E-state index >= 15 is 0 Å². The van der Waals surface area contributed by atoms with Crippen molar-refractivity contribution in [1.82, 2.24) is 4.90 Å². The van der Waals surface area contributed by atoms with Crippen LogP contribution in [0.3, 0.4) is 0 Å². The maximum absolute atomic E-state index is 12.1. The van der Waals surface area contributed by atoms with Crippen LogP contribution in [-0.2, 0) is 0 Å². The highest BCUT2D eigenvalue weighted by molar-refractivity contribution is 9.10. The Kier molecular flexibility index (Phi) is 5.32. The smallest absolute Gasteiger partial charge is 0.265 e. The minimum atomic E-state index is 0.153. The van der Waals surface area contributed by atoms with Gasteiger partial charge in [-0.3, -0.25) is 4.79 Å². The standard InChI is InChI=1S/C11H16BrNOS/c1-3-6-13(7-4-2)11(14)10-9(12)5-8-15-10/h5,8H,3-4,6-7H2,1-2H3. The molecule has 1 heterocycles. The third kappa shape index (κ3) is 3.31.